The molecule has 1 aromatic rings. The van der Waals surface area contributed by atoms with Gasteiger partial charge < -0.3 is 11.5 Å². The molecule has 0 bridgehead atoms. The number of hydrogen-bond acceptors (Lipinski definition) is 4. The molecule has 1 heterocycles. The van der Waals surface area contributed by atoms with Crippen LogP contribution < -0.4 is 11.5 Å². The molecule has 5 N–H and O–H groups in total. The van der Waals surface area contributed by atoms with E-state index in [9.17, 15) is 0 Å². The van der Waals surface area contributed by atoms with Gasteiger partial charge in [0.2, 0.25) is 0 Å². The molecule has 4 nitrogen and oxygen atoms in total. The first-order valence-corrected chi connectivity index (χ1v) is 2.71. The summed E-state index contributed by atoms with van der Waals surface area (Å²) in [6, 6.07) is 1.55. The van der Waals surface area contributed by atoms with Crippen LogP contribution in [0.1, 0.15) is 0 Å². The largest absolute Gasteiger partial charge is 0.396 e. The van der Waals surface area contributed by atoms with Gasteiger partial charge in [0.05, 0.1) is 5.69 Å². The second-order valence-corrected chi connectivity index (χ2v) is 2.01. The Morgan fingerprint density at radius 3 is 2.67 bits per heavy atom. The van der Waals surface area contributed by atoms with Crippen LogP contribution in [0.4, 0.5) is 11.5 Å². The Morgan fingerprint density at radius 2 is 2.22 bits per heavy atom. The maximum absolute atomic E-state index is 5.35. The zero-order chi connectivity index (χ0) is 6.85. The van der Waals surface area contributed by atoms with E-state index in [-0.39, 0.29) is 5.82 Å². The fraction of sp³-hybridized carbons (Fsp3) is 0. The second-order valence-electron chi connectivity index (χ2n) is 1.57. The van der Waals surface area contributed by atoms with Crippen LogP contribution in [0.3, 0.4) is 0 Å². The first-order valence-electron chi connectivity index (χ1n) is 2.31. The maximum atomic E-state index is 5.35. The Kier molecular flexibility index (Phi) is 1.35. The standard InChI is InChI=1S/C4H6N4S/c5-2-1-3(9)7-8-4(2)6/h1H,(H2,6,8)(H3,5,7,9). The highest BCUT2D eigenvalue weighted by atomic mass is 32.1. The summed E-state index contributed by atoms with van der Waals surface area (Å²) >= 11 is 4.71. The van der Waals surface area contributed by atoms with Crippen LogP contribution in [-0.4, -0.2) is 10.2 Å². The highest BCUT2D eigenvalue weighted by Gasteiger charge is 1.90. The molecule has 5 heteroatoms. The van der Waals surface area contributed by atoms with Gasteiger partial charge in [-0.3, -0.25) is 5.10 Å². The third-order valence-corrected chi connectivity index (χ3v) is 1.08. The molecule has 1 aromatic heterocycles. The third-order valence-electron chi connectivity index (χ3n) is 0.869. The van der Waals surface area contributed by atoms with Crippen LogP contribution in [0.2, 0.25) is 0 Å². The maximum Gasteiger partial charge on any atom is 0.167 e. The van der Waals surface area contributed by atoms with E-state index in [1.165, 1.54) is 0 Å². The quantitative estimate of drug-likeness (QED) is 0.455. The number of H-pyrrole nitrogens is 1. The van der Waals surface area contributed by atoms with Gasteiger partial charge in [-0.15, -0.1) is 0 Å². The number of nitrogens with one attached hydrogen (secondary N) is 1. The van der Waals surface area contributed by atoms with Gasteiger partial charge in [-0.1, -0.05) is 12.2 Å². The molecule has 0 atom stereocenters. The van der Waals surface area contributed by atoms with Crippen molar-refractivity contribution in [3.8, 4) is 0 Å². The Balaban J connectivity index is 3.34. The van der Waals surface area contributed by atoms with Crippen molar-refractivity contribution >= 4 is 23.7 Å². The molecule has 0 unspecified atom stereocenters. The molecule has 0 radical (unpaired) electrons. The zero-order valence-electron chi connectivity index (χ0n) is 4.59. The molecule has 0 saturated carbocycles. The van der Waals surface area contributed by atoms with Crippen molar-refractivity contribution in [3.63, 3.8) is 0 Å². The van der Waals surface area contributed by atoms with E-state index in [2.05, 4.69) is 10.2 Å². The van der Waals surface area contributed by atoms with E-state index in [0.717, 1.165) is 0 Å². The normalized spacial score (nSPS) is 9.33. The molecule has 0 aliphatic rings. The molecule has 9 heavy (non-hydrogen) atoms. The first-order chi connectivity index (χ1) is 4.20. The van der Waals surface area contributed by atoms with Crippen molar-refractivity contribution in [2.75, 3.05) is 11.5 Å². The summed E-state index contributed by atoms with van der Waals surface area (Å²) in [6.07, 6.45) is 0. The van der Waals surface area contributed by atoms with Gasteiger partial charge in [-0.2, -0.15) is 5.10 Å². The molecule has 0 amide bonds. The number of nitrogens with zero attached hydrogens (tertiary/aromatic N) is 1. The monoisotopic (exact) mass is 142 g/mol. The van der Waals surface area contributed by atoms with E-state index in [1.807, 2.05) is 0 Å². The van der Waals surface area contributed by atoms with Gasteiger partial charge in [0.1, 0.15) is 4.64 Å². The van der Waals surface area contributed by atoms with Gasteiger partial charge in [0, 0.05) is 6.07 Å². The van der Waals surface area contributed by atoms with Gasteiger partial charge in [-0.05, 0) is 0 Å². The summed E-state index contributed by atoms with van der Waals surface area (Å²) in [5.41, 5.74) is 11.0. The molecule has 0 saturated heterocycles. The Bertz CT molecular complexity index is 266. The minimum atomic E-state index is 0.281. The van der Waals surface area contributed by atoms with E-state index in [1.54, 1.807) is 6.07 Å². The summed E-state index contributed by atoms with van der Waals surface area (Å²) < 4.78 is 0.488. The summed E-state index contributed by atoms with van der Waals surface area (Å²) in [5.74, 6) is 0.281. The van der Waals surface area contributed by atoms with Crippen LogP contribution in [0, 0.1) is 4.64 Å². The number of hydrogen-bond donors (Lipinski definition) is 3. The molecule has 1 rings (SSSR count). The van der Waals surface area contributed by atoms with Crippen molar-refractivity contribution in [2.24, 2.45) is 0 Å². The Hall–Kier alpha value is -1.10. The van der Waals surface area contributed by atoms with Crippen molar-refractivity contribution in [2.45, 2.75) is 0 Å². The van der Waals surface area contributed by atoms with Crippen molar-refractivity contribution in [1.82, 2.24) is 10.2 Å². The number of rotatable bonds is 0. The lowest BCUT2D eigenvalue weighted by Crippen LogP contribution is -1.98. The van der Waals surface area contributed by atoms with E-state index >= 15 is 0 Å². The first kappa shape index (κ1) is 6.03. The van der Waals surface area contributed by atoms with Gasteiger partial charge in [-0.25, -0.2) is 0 Å². The van der Waals surface area contributed by atoms with E-state index in [4.69, 9.17) is 23.7 Å². The lowest BCUT2D eigenvalue weighted by atomic mass is 10.5. The van der Waals surface area contributed by atoms with Gasteiger partial charge in [0.25, 0.3) is 0 Å². The van der Waals surface area contributed by atoms with Crippen LogP contribution in [0.15, 0.2) is 6.07 Å². The SMILES string of the molecule is Nc1cc(=S)[nH]nc1N. The second kappa shape index (κ2) is 2.02. The molecule has 48 valence electrons. The zero-order valence-corrected chi connectivity index (χ0v) is 5.40. The predicted octanol–water partition coefficient (Wildman–Crippen LogP) is 0.304. The number of nitrogens with two attached hydrogens (primary N) is 2. The molecule has 0 fully saturated rings. The van der Waals surface area contributed by atoms with E-state index < -0.39 is 0 Å². The van der Waals surface area contributed by atoms with Crippen LogP contribution in [-0.2, 0) is 0 Å². The molecule has 0 aliphatic heterocycles. The fourth-order valence-corrected chi connectivity index (χ4v) is 0.600. The summed E-state index contributed by atoms with van der Waals surface area (Å²) in [7, 11) is 0. The van der Waals surface area contributed by atoms with Crippen LogP contribution >= 0.6 is 12.2 Å². The topological polar surface area (TPSA) is 80.7 Å². The molecule has 0 aromatic carbocycles. The minimum absolute atomic E-state index is 0.281. The fourth-order valence-electron chi connectivity index (χ4n) is 0.427. The molecular weight excluding hydrogens is 136 g/mol. The predicted molar refractivity (Wildman–Crippen MR) is 38.2 cm³/mol. The number of nitrogen functional groups attached to an aromatic ring is 2. The highest BCUT2D eigenvalue weighted by molar-refractivity contribution is 7.71. The van der Waals surface area contributed by atoms with Crippen LogP contribution in [0.25, 0.3) is 0 Å². The van der Waals surface area contributed by atoms with Gasteiger partial charge >= 0.3 is 0 Å². The Labute approximate surface area is 56.9 Å². The lowest BCUT2D eigenvalue weighted by Gasteiger charge is -1.93. The van der Waals surface area contributed by atoms with Crippen molar-refractivity contribution < 1.29 is 0 Å². The minimum Gasteiger partial charge on any atom is -0.396 e. The van der Waals surface area contributed by atoms with Crippen molar-refractivity contribution in [3.05, 3.63) is 10.7 Å². The lowest BCUT2D eigenvalue weighted by molar-refractivity contribution is 1.03. The number of anilines is 2. The molecular formula is C4H6N4S. The Morgan fingerprint density at radius 1 is 1.56 bits per heavy atom. The number of aromatic nitrogens is 2. The summed E-state index contributed by atoms with van der Waals surface area (Å²) in [5, 5.41) is 6.10. The summed E-state index contributed by atoms with van der Waals surface area (Å²) in [4.78, 5) is 0. The average Bonchev–Trinajstić information content (AvgIpc) is 1.80. The smallest absolute Gasteiger partial charge is 0.167 e. The highest BCUT2D eigenvalue weighted by Crippen LogP contribution is 2.06. The van der Waals surface area contributed by atoms with E-state index in [0.29, 0.717) is 10.3 Å². The molecule has 0 spiro atoms. The summed E-state index contributed by atoms with van der Waals surface area (Å²) in [6.45, 7) is 0. The van der Waals surface area contributed by atoms with Crippen LogP contribution in [0.5, 0.6) is 0 Å². The number of aromatic amines is 1. The van der Waals surface area contributed by atoms with Crippen molar-refractivity contribution in [1.29, 1.82) is 0 Å². The molecule has 0 aliphatic carbocycles. The average molecular weight is 142 g/mol. The third kappa shape index (κ3) is 1.17. The van der Waals surface area contributed by atoms with Gasteiger partial charge in [0.15, 0.2) is 5.82 Å².